The average Bonchev–Trinajstić information content (AvgIpc) is 2.61. The maximum atomic E-state index is 11.5. The molecule has 17 heavy (non-hydrogen) atoms. The predicted octanol–water partition coefficient (Wildman–Crippen LogP) is 2.91. The number of H-pyrrole nitrogens is 1. The molecule has 0 fully saturated rings. The summed E-state index contributed by atoms with van der Waals surface area (Å²) in [6.07, 6.45) is 1.30. The number of amides is 1. The number of nitrogens with zero attached hydrogens (tertiary/aromatic N) is 1. The van der Waals surface area contributed by atoms with Crippen molar-refractivity contribution in [3.8, 4) is 0 Å². The number of ether oxygens (including phenoxy) is 1. The summed E-state index contributed by atoms with van der Waals surface area (Å²) in [7, 11) is 0. The second-order valence-corrected chi connectivity index (χ2v) is 4.73. The highest BCUT2D eigenvalue weighted by Gasteiger charge is 2.16. The second-order valence-electron chi connectivity index (χ2n) is 4.73. The van der Waals surface area contributed by atoms with Crippen LogP contribution in [-0.4, -0.2) is 21.7 Å². The van der Waals surface area contributed by atoms with Gasteiger partial charge >= 0.3 is 6.09 Å². The van der Waals surface area contributed by atoms with Gasteiger partial charge in [0.25, 0.3) is 0 Å². The molecular formula is C12H15N3O2. The zero-order chi connectivity index (χ0) is 12.5. The van der Waals surface area contributed by atoms with Crippen molar-refractivity contribution in [3.05, 3.63) is 24.4 Å². The van der Waals surface area contributed by atoms with Crippen molar-refractivity contribution in [1.82, 2.24) is 9.97 Å². The summed E-state index contributed by atoms with van der Waals surface area (Å²) in [5.41, 5.74) is 1.22. The van der Waals surface area contributed by atoms with E-state index in [1.807, 2.05) is 32.9 Å². The zero-order valence-electron chi connectivity index (χ0n) is 10.1. The van der Waals surface area contributed by atoms with E-state index < -0.39 is 11.7 Å². The van der Waals surface area contributed by atoms with Crippen LogP contribution in [0.1, 0.15) is 20.8 Å². The van der Waals surface area contributed by atoms with Gasteiger partial charge in [-0.05, 0) is 39.0 Å². The summed E-state index contributed by atoms with van der Waals surface area (Å²) in [6, 6.07) is 5.42. The Bertz CT molecular complexity index is 540. The summed E-state index contributed by atoms with van der Waals surface area (Å²) in [4.78, 5) is 18.8. The lowest BCUT2D eigenvalue weighted by Crippen LogP contribution is -2.27. The lowest BCUT2D eigenvalue weighted by molar-refractivity contribution is 0.0635. The predicted molar refractivity (Wildman–Crippen MR) is 66.0 cm³/mol. The van der Waals surface area contributed by atoms with Crippen molar-refractivity contribution in [3.63, 3.8) is 0 Å². The number of carbonyl (C=O) groups is 1. The van der Waals surface area contributed by atoms with E-state index in [0.29, 0.717) is 5.82 Å². The Morgan fingerprint density at radius 3 is 2.82 bits per heavy atom. The molecule has 5 heteroatoms. The first-order valence-corrected chi connectivity index (χ1v) is 5.38. The molecule has 90 valence electrons. The van der Waals surface area contributed by atoms with Crippen molar-refractivity contribution in [2.24, 2.45) is 0 Å². The molecule has 0 saturated heterocycles. The van der Waals surface area contributed by atoms with Gasteiger partial charge in [-0.15, -0.1) is 0 Å². The Morgan fingerprint density at radius 2 is 2.12 bits per heavy atom. The van der Waals surface area contributed by atoms with Gasteiger partial charge in [-0.3, -0.25) is 5.32 Å². The minimum Gasteiger partial charge on any atom is -0.444 e. The molecular weight excluding hydrogens is 218 g/mol. The minimum absolute atomic E-state index is 0.478. The Labute approximate surface area is 99.2 Å². The largest absolute Gasteiger partial charge is 0.444 e. The van der Waals surface area contributed by atoms with Crippen LogP contribution in [0.5, 0.6) is 0 Å². The normalized spacial score (nSPS) is 11.5. The lowest BCUT2D eigenvalue weighted by Gasteiger charge is -2.19. The quantitative estimate of drug-likeness (QED) is 0.795. The molecule has 2 rings (SSSR count). The number of nitrogens with one attached hydrogen (secondary N) is 2. The molecule has 0 radical (unpaired) electrons. The summed E-state index contributed by atoms with van der Waals surface area (Å²) in [5, 5.41) is 2.59. The first kappa shape index (κ1) is 11.4. The van der Waals surface area contributed by atoms with Gasteiger partial charge in [0.15, 0.2) is 0 Å². The highest BCUT2D eigenvalue weighted by Crippen LogP contribution is 2.14. The molecule has 0 aliphatic rings. The van der Waals surface area contributed by atoms with Crippen LogP contribution in [0.2, 0.25) is 0 Å². The third-order valence-corrected chi connectivity index (χ3v) is 2.03. The molecule has 0 aliphatic carbocycles. The van der Waals surface area contributed by atoms with E-state index in [1.165, 1.54) is 0 Å². The summed E-state index contributed by atoms with van der Waals surface area (Å²) >= 11 is 0. The fourth-order valence-electron chi connectivity index (χ4n) is 1.41. The number of aromatic nitrogens is 2. The van der Waals surface area contributed by atoms with E-state index in [9.17, 15) is 4.79 Å². The van der Waals surface area contributed by atoms with Crippen LogP contribution in [0, 0.1) is 0 Å². The maximum Gasteiger partial charge on any atom is 0.413 e. The van der Waals surface area contributed by atoms with Crippen molar-refractivity contribution < 1.29 is 9.53 Å². The molecule has 5 nitrogen and oxygen atoms in total. The SMILES string of the molecule is CC(C)(C)OC(=O)Nc1ccc2[nH]ccc2n1. The number of carbonyl (C=O) groups excluding carboxylic acids is 1. The molecule has 2 aromatic rings. The van der Waals surface area contributed by atoms with Gasteiger partial charge in [0.2, 0.25) is 0 Å². The Kier molecular flexibility index (Phi) is 2.75. The van der Waals surface area contributed by atoms with Crippen LogP contribution in [0.15, 0.2) is 24.4 Å². The monoisotopic (exact) mass is 233 g/mol. The molecule has 0 aromatic carbocycles. The number of pyridine rings is 1. The number of rotatable bonds is 1. The number of anilines is 1. The van der Waals surface area contributed by atoms with Gasteiger partial charge in [0.05, 0.1) is 11.0 Å². The minimum atomic E-state index is -0.512. The standard InChI is InChI=1S/C12H15N3O2/c1-12(2,3)17-11(16)15-10-5-4-8-9(14-10)6-7-13-8/h4-7,13H,1-3H3,(H,14,15,16). The third-order valence-electron chi connectivity index (χ3n) is 2.03. The van der Waals surface area contributed by atoms with E-state index >= 15 is 0 Å². The molecule has 0 spiro atoms. The Morgan fingerprint density at radius 1 is 1.35 bits per heavy atom. The zero-order valence-corrected chi connectivity index (χ0v) is 10.1. The van der Waals surface area contributed by atoms with E-state index in [4.69, 9.17) is 4.74 Å². The molecule has 0 aliphatic heterocycles. The van der Waals surface area contributed by atoms with Crippen molar-refractivity contribution >= 4 is 22.9 Å². The number of aromatic amines is 1. The van der Waals surface area contributed by atoms with Gasteiger partial charge in [-0.2, -0.15) is 0 Å². The van der Waals surface area contributed by atoms with Crippen LogP contribution >= 0.6 is 0 Å². The summed E-state index contributed by atoms with van der Waals surface area (Å²) in [5.74, 6) is 0.478. The molecule has 2 N–H and O–H groups in total. The van der Waals surface area contributed by atoms with E-state index in [0.717, 1.165) is 11.0 Å². The molecule has 0 saturated carbocycles. The maximum absolute atomic E-state index is 11.5. The van der Waals surface area contributed by atoms with Gasteiger partial charge < -0.3 is 9.72 Å². The highest BCUT2D eigenvalue weighted by molar-refractivity contribution is 5.86. The van der Waals surface area contributed by atoms with Crippen LogP contribution < -0.4 is 5.32 Å². The van der Waals surface area contributed by atoms with Crippen LogP contribution in [0.4, 0.5) is 10.6 Å². The molecule has 0 atom stereocenters. The van der Waals surface area contributed by atoms with Crippen molar-refractivity contribution in [2.75, 3.05) is 5.32 Å². The van der Waals surface area contributed by atoms with Crippen LogP contribution in [0.3, 0.4) is 0 Å². The van der Waals surface area contributed by atoms with Crippen LogP contribution in [0.25, 0.3) is 11.0 Å². The van der Waals surface area contributed by atoms with Crippen molar-refractivity contribution in [1.29, 1.82) is 0 Å². The van der Waals surface area contributed by atoms with Crippen LogP contribution in [-0.2, 0) is 4.74 Å². The van der Waals surface area contributed by atoms with Gasteiger partial charge in [0.1, 0.15) is 11.4 Å². The van der Waals surface area contributed by atoms with Gasteiger partial charge in [-0.25, -0.2) is 9.78 Å². The topological polar surface area (TPSA) is 67.0 Å². The molecule has 2 heterocycles. The Balaban J connectivity index is 2.10. The molecule has 0 bridgehead atoms. The third kappa shape index (κ3) is 2.96. The highest BCUT2D eigenvalue weighted by atomic mass is 16.6. The lowest BCUT2D eigenvalue weighted by atomic mass is 10.2. The smallest absolute Gasteiger partial charge is 0.413 e. The first-order valence-electron chi connectivity index (χ1n) is 5.38. The second kappa shape index (κ2) is 4.08. The van der Waals surface area contributed by atoms with Gasteiger partial charge in [-0.1, -0.05) is 0 Å². The fraction of sp³-hybridized carbons (Fsp3) is 0.333. The van der Waals surface area contributed by atoms with Gasteiger partial charge in [0, 0.05) is 6.20 Å². The van der Waals surface area contributed by atoms with Crippen molar-refractivity contribution in [2.45, 2.75) is 26.4 Å². The Hall–Kier alpha value is -2.04. The van der Waals surface area contributed by atoms with E-state index in [-0.39, 0.29) is 0 Å². The fourth-order valence-corrected chi connectivity index (χ4v) is 1.41. The summed E-state index contributed by atoms with van der Waals surface area (Å²) in [6.45, 7) is 5.44. The number of hydrogen-bond donors (Lipinski definition) is 2. The number of hydrogen-bond acceptors (Lipinski definition) is 3. The van der Waals surface area contributed by atoms with E-state index in [2.05, 4.69) is 15.3 Å². The average molecular weight is 233 g/mol. The molecule has 0 unspecified atom stereocenters. The molecule has 1 amide bonds. The summed E-state index contributed by atoms with van der Waals surface area (Å²) < 4.78 is 5.14. The molecule has 2 aromatic heterocycles. The number of fused-ring (bicyclic) bond motifs is 1. The first-order chi connectivity index (χ1) is 7.94. The van der Waals surface area contributed by atoms with E-state index in [1.54, 1.807) is 12.3 Å².